The van der Waals surface area contributed by atoms with E-state index in [1.165, 1.54) is 0 Å². The summed E-state index contributed by atoms with van der Waals surface area (Å²) in [6.45, 7) is 4.68. The Bertz CT molecular complexity index is 281. The minimum atomic E-state index is -0.0134. The van der Waals surface area contributed by atoms with Crippen molar-refractivity contribution in [2.24, 2.45) is 11.8 Å². The molecule has 1 unspecified atom stereocenters. The zero-order valence-electron chi connectivity index (χ0n) is 9.53. The number of hydrogen-bond acceptors (Lipinski definition) is 2. The van der Waals surface area contributed by atoms with Gasteiger partial charge in [-0.15, -0.1) is 0 Å². The summed E-state index contributed by atoms with van der Waals surface area (Å²) in [6, 6.07) is 0.511. The predicted molar refractivity (Wildman–Crippen MR) is 57.3 cm³/mol. The summed E-state index contributed by atoms with van der Waals surface area (Å²) >= 11 is 0. The van der Waals surface area contributed by atoms with Crippen LogP contribution in [-0.2, 0) is 9.59 Å². The Balaban J connectivity index is 1.89. The van der Waals surface area contributed by atoms with Crippen molar-refractivity contribution in [3.05, 3.63) is 0 Å². The zero-order valence-corrected chi connectivity index (χ0v) is 9.53. The van der Waals surface area contributed by atoms with E-state index in [1.54, 1.807) is 0 Å². The molecule has 1 amide bonds. The summed E-state index contributed by atoms with van der Waals surface area (Å²) in [7, 11) is 0. The van der Waals surface area contributed by atoms with Gasteiger partial charge in [0, 0.05) is 30.8 Å². The third-order valence-electron chi connectivity index (χ3n) is 3.43. The Labute approximate surface area is 90.8 Å². The van der Waals surface area contributed by atoms with E-state index < -0.39 is 0 Å². The Kier molecular flexibility index (Phi) is 2.81. The number of likely N-dealkylation sites (tertiary alicyclic amines) is 1. The number of ketones is 1. The predicted octanol–water partition coefficient (Wildman–Crippen LogP) is 1.61. The second kappa shape index (κ2) is 3.95. The summed E-state index contributed by atoms with van der Waals surface area (Å²) in [5, 5.41) is 0. The summed E-state index contributed by atoms with van der Waals surface area (Å²) in [5.41, 5.74) is 0. The topological polar surface area (TPSA) is 37.4 Å². The van der Waals surface area contributed by atoms with E-state index in [2.05, 4.69) is 0 Å². The Hall–Kier alpha value is -0.860. The molecule has 1 saturated carbocycles. The molecule has 1 aliphatic heterocycles. The molecule has 0 bridgehead atoms. The second-order valence-electron chi connectivity index (χ2n) is 5.07. The average molecular weight is 209 g/mol. The molecule has 3 heteroatoms. The molecule has 2 aliphatic rings. The van der Waals surface area contributed by atoms with Crippen LogP contribution in [0.2, 0.25) is 0 Å². The number of carbonyl (C=O) groups excluding carboxylic acids is 2. The Morgan fingerprint density at radius 2 is 2.07 bits per heavy atom. The molecule has 0 aromatic heterocycles. The Morgan fingerprint density at radius 1 is 1.40 bits per heavy atom. The summed E-state index contributed by atoms with van der Waals surface area (Å²) in [4.78, 5) is 25.5. The fraction of sp³-hybridized carbons (Fsp3) is 0.833. The molecule has 0 spiro atoms. The van der Waals surface area contributed by atoms with Crippen LogP contribution >= 0.6 is 0 Å². The fourth-order valence-corrected chi connectivity index (χ4v) is 2.18. The van der Waals surface area contributed by atoms with Crippen LogP contribution in [0.3, 0.4) is 0 Å². The van der Waals surface area contributed by atoms with Crippen molar-refractivity contribution in [2.45, 2.75) is 45.6 Å². The van der Waals surface area contributed by atoms with Gasteiger partial charge in [-0.2, -0.15) is 0 Å². The molecule has 1 aliphatic carbocycles. The molecule has 0 radical (unpaired) electrons. The van der Waals surface area contributed by atoms with Gasteiger partial charge in [0.1, 0.15) is 5.78 Å². The maximum Gasteiger partial charge on any atom is 0.226 e. The van der Waals surface area contributed by atoms with Gasteiger partial charge in [-0.05, 0) is 19.3 Å². The fourth-order valence-electron chi connectivity index (χ4n) is 2.18. The van der Waals surface area contributed by atoms with Crippen LogP contribution in [-0.4, -0.2) is 29.2 Å². The van der Waals surface area contributed by atoms with E-state index in [4.69, 9.17) is 0 Å². The summed E-state index contributed by atoms with van der Waals surface area (Å²) < 4.78 is 0. The lowest BCUT2D eigenvalue weighted by Gasteiger charge is -2.15. The number of amides is 1. The molecule has 1 saturated heterocycles. The van der Waals surface area contributed by atoms with Gasteiger partial charge in [0.15, 0.2) is 0 Å². The van der Waals surface area contributed by atoms with Gasteiger partial charge in [0.25, 0.3) is 0 Å². The lowest BCUT2D eigenvalue weighted by atomic mass is 9.95. The summed E-state index contributed by atoms with van der Waals surface area (Å²) in [6.07, 6.45) is 3.67. The minimum absolute atomic E-state index is 0.0134. The van der Waals surface area contributed by atoms with Crippen LogP contribution in [0.1, 0.15) is 39.5 Å². The molecule has 1 atom stereocenters. The SMILES string of the molecule is CC(C)C(=O)CC1CCN(C2CC2)C1=O. The number of rotatable bonds is 4. The van der Waals surface area contributed by atoms with Crippen molar-refractivity contribution < 1.29 is 9.59 Å². The van der Waals surface area contributed by atoms with Crippen LogP contribution in [0, 0.1) is 11.8 Å². The molecule has 15 heavy (non-hydrogen) atoms. The van der Waals surface area contributed by atoms with E-state index in [1.807, 2.05) is 18.7 Å². The van der Waals surface area contributed by atoms with Crippen molar-refractivity contribution in [3.8, 4) is 0 Å². The molecule has 2 rings (SSSR count). The standard InChI is InChI=1S/C12H19NO2/c1-8(2)11(14)7-9-5-6-13(12(9)15)10-3-4-10/h8-10H,3-7H2,1-2H3. The zero-order chi connectivity index (χ0) is 11.0. The van der Waals surface area contributed by atoms with E-state index in [0.29, 0.717) is 12.5 Å². The van der Waals surface area contributed by atoms with Gasteiger partial charge < -0.3 is 4.90 Å². The third kappa shape index (κ3) is 2.21. The molecule has 1 heterocycles. The molecule has 0 N–H and O–H groups in total. The molecule has 3 nitrogen and oxygen atoms in total. The molecular weight excluding hydrogens is 190 g/mol. The van der Waals surface area contributed by atoms with Crippen LogP contribution < -0.4 is 0 Å². The lowest BCUT2D eigenvalue weighted by molar-refractivity contribution is -0.134. The first-order chi connectivity index (χ1) is 7.09. The number of hydrogen-bond donors (Lipinski definition) is 0. The van der Waals surface area contributed by atoms with Crippen LogP contribution in [0.5, 0.6) is 0 Å². The Morgan fingerprint density at radius 3 is 2.60 bits per heavy atom. The average Bonchev–Trinajstić information content (AvgIpc) is 2.95. The highest BCUT2D eigenvalue weighted by molar-refractivity contribution is 5.89. The van der Waals surface area contributed by atoms with Crippen molar-refractivity contribution in [1.29, 1.82) is 0 Å². The molecular formula is C12H19NO2. The van der Waals surface area contributed by atoms with E-state index in [0.717, 1.165) is 25.8 Å². The van der Waals surface area contributed by atoms with E-state index in [-0.39, 0.29) is 23.5 Å². The summed E-state index contributed by atoms with van der Waals surface area (Å²) in [5.74, 6) is 0.505. The highest BCUT2D eigenvalue weighted by Crippen LogP contribution is 2.33. The maximum absolute atomic E-state index is 11.9. The molecule has 0 aromatic rings. The van der Waals surface area contributed by atoms with E-state index in [9.17, 15) is 9.59 Å². The van der Waals surface area contributed by atoms with Crippen molar-refractivity contribution >= 4 is 11.7 Å². The number of nitrogens with zero attached hydrogens (tertiary/aromatic N) is 1. The minimum Gasteiger partial charge on any atom is -0.339 e. The highest BCUT2D eigenvalue weighted by atomic mass is 16.2. The molecule has 2 fully saturated rings. The van der Waals surface area contributed by atoms with Gasteiger partial charge >= 0.3 is 0 Å². The van der Waals surface area contributed by atoms with Gasteiger partial charge in [-0.1, -0.05) is 13.8 Å². The second-order valence-corrected chi connectivity index (χ2v) is 5.07. The first-order valence-corrected chi connectivity index (χ1v) is 5.92. The first kappa shape index (κ1) is 10.7. The van der Waals surface area contributed by atoms with Gasteiger partial charge in [-0.3, -0.25) is 9.59 Å². The monoisotopic (exact) mass is 209 g/mol. The molecule has 84 valence electrons. The number of Topliss-reactive ketones (excluding diaryl/α,β-unsaturated/α-hetero) is 1. The third-order valence-corrected chi connectivity index (χ3v) is 3.43. The van der Waals surface area contributed by atoms with Crippen LogP contribution in [0.25, 0.3) is 0 Å². The van der Waals surface area contributed by atoms with Crippen LogP contribution in [0.15, 0.2) is 0 Å². The van der Waals surface area contributed by atoms with E-state index >= 15 is 0 Å². The first-order valence-electron chi connectivity index (χ1n) is 5.92. The largest absolute Gasteiger partial charge is 0.339 e. The highest BCUT2D eigenvalue weighted by Gasteiger charge is 2.40. The number of carbonyl (C=O) groups is 2. The maximum atomic E-state index is 11.9. The van der Waals surface area contributed by atoms with Crippen molar-refractivity contribution in [3.63, 3.8) is 0 Å². The lowest BCUT2D eigenvalue weighted by Crippen LogP contribution is -2.30. The quantitative estimate of drug-likeness (QED) is 0.705. The smallest absolute Gasteiger partial charge is 0.226 e. The van der Waals surface area contributed by atoms with Crippen molar-refractivity contribution in [2.75, 3.05) is 6.54 Å². The van der Waals surface area contributed by atoms with Gasteiger partial charge in [0.05, 0.1) is 0 Å². The molecule has 0 aromatic carbocycles. The van der Waals surface area contributed by atoms with Crippen LogP contribution in [0.4, 0.5) is 0 Å². The van der Waals surface area contributed by atoms with Gasteiger partial charge in [-0.25, -0.2) is 0 Å². The van der Waals surface area contributed by atoms with Gasteiger partial charge in [0.2, 0.25) is 5.91 Å². The van der Waals surface area contributed by atoms with Crippen molar-refractivity contribution in [1.82, 2.24) is 4.90 Å². The normalized spacial score (nSPS) is 26.5.